The van der Waals surface area contributed by atoms with Crippen LogP contribution >= 0.6 is 0 Å². The van der Waals surface area contributed by atoms with Crippen LogP contribution in [0, 0.1) is 6.92 Å². The van der Waals surface area contributed by atoms with Crippen LogP contribution in [0.3, 0.4) is 0 Å². The highest BCUT2D eigenvalue weighted by Crippen LogP contribution is 2.43. The molecule has 0 fully saturated rings. The summed E-state index contributed by atoms with van der Waals surface area (Å²) in [6.07, 6.45) is 2.49. The molecule has 0 bridgehead atoms. The van der Waals surface area contributed by atoms with Crippen molar-refractivity contribution in [2.45, 2.75) is 45.6 Å². The van der Waals surface area contributed by atoms with Crippen molar-refractivity contribution in [1.29, 1.82) is 0 Å². The number of halogens is 2. The number of aromatic nitrogens is 3. The van der Waals surface area contributed by atoms with E-state index in [0.717, 1.165) is 29.5 Å². The summed E-state index contributed by atoms with van der Waals surface area (Å²) < 4.78 is 37.7. The van der Waals surface area contributed by atoms with Crippen molar-refractivity contribution < 1.29 is 23.4 Å². The largest absolute Gasteiger partial charge is 0.497 e. The molecule has 204 valence electrons. The van der Waals surface area contributed by atoms with Crippen molar-refractivity contribution in [3.8, 4) is 16.9 Å². The Morgan fingerprint density at radius 2 is 1.97 bits per heavy atom. The van der Waals surface area contributed by atoms with E-state index in [1.165, 1.54) is 0 Å². The topological polar surface area (TPSA) is 89.6 Å². The number of benzene rings is 2. The van der Waals surface area contributed by atoms with Gasteiger partial charge in [0.25, 0.3) is 12.0 Å². The van der Waals surface area contributed by atoms with Crippen LogP contribution in [0.5, 0.6) is 5.75 Å². The molecule has 4 aromatic rings. The summed E-state index contributed by atoms with van der Waals surface area (Å²) in [7, 11) is 3.28. The first-order valence-corrected chi connectivity index (χ1v) is 12.8. The van der Waals surface area contributed by atoms with E-state index in [2.05, 4.69) is 5.10 Å². The number of hydrogen-bond acceptors (Lipinski definition) is 5. The van der Waals surface area contributed by atoms with E-state index in [9.17, 15) is 18.4 Å². The van der Waals surface area contributed by atoms with Crippen LogP contribution in [0.2, 0.25) is 0 Å². The van der Waals surface area contributed by atoms with E-state index >= 15 is 0 Å². The molecule has 2 aromatic heterocycles. The number of aryl methyl sites for hydroxylation is 4. The number of aliphatic carboxylic acids is 1. The number of carbonyl (C=O) groups is 1. The second-order valence-corrected chi connectivity index (χ2v) is 9.88. The standard InChI is InChI=1S/C29H30F2N4O4/c1-17-10-23-25(33(2)29(17)38)12-20(39-3)13-26(23)35-9-4-6-18-11-21(22(28(30)31)14-24(18)35)19-15-32-34(16-19)8-5-7-27(36)37/h10-16,28H,4-9H2,1-3H3,(H,36,37). The van der Waals surface area contributed by atoms with E-state index in [0.29, 0.717) is 53.2 Å². The van der Waals surface area contributed by atoms with Crippen LogP contribution < -0.4 is 15.2 Å². The Bertz CT molecular complexity index is 1630. The first-order chi connectivity index (χ1) is 18.7. The van der Waals surface area contributed by atoms with Gasteiger partial charge in [-0.1, -0.05) is 0 Å². The molecule has 3 heterocycles. The van der Waals surface area contributed by atoms with Gasteiger partial charge in [-0.3, -0.25) is 14.3 Å². The molecule has 0 aliphatic carbocycles. The van der Waals surface area contributed by atoms with Crippen LogP contribution in [0.1, 0.15) is 42.4 Å². The molecule has 10 heteroatoms. The summed E-state index contributed by atoms with van der Waals surface area (Å²) in [5, 5.41) is 14.0. The third kappa shape index (κ3) is 4.98. The number of anilines is 2. The van der Waals surface area contributed by atoms with Crippen LogP contribution in [0.4, 0.5) is 20.2 Å². The molecule has 1 N–H and O–H groups in total. The number of carboxylic acids is 1. The normalized spacial score (nSPS) is 13.2. The summed E-state index contributed by atoms with van der Waals surface area (Å²) in [6.45, 7) is 2.78. The number of rotatable bonds is 8. The lowest BCUT2D eigenvalue weighted by Crippen LogP contribution is -2.26. The maximum absolute atomic E-state index is 14.5. The predicted octanol–water partition coefficient (Wildman–Crippen LogP) is 5.61. The Hall–Kier alpha value is -4.21. The molecule has 1 aliphatic heterocycles. The smallest absolute Gasteiger partial charge is 0.303 e. The molecular formula is C29H30F2N4O4. The van der Waals surface area contributed by atoms with Crippen molar-refractivity contribution >= 4 is 28.2 Å². The van der Waals surface area contributed by atoms with Gasteiger partial charge in [0.15, 0.2) is 0 Å². The summed E-state index contributed by atoms with van der Waals surface area (Å²) in [5.74, 6) is -0.313. The lowest BCUT2D eigenvalue weighted by Gasteiger charge is -2.34. The average molecular weight is 537 g/mol. The zero-order valence-corrected chi connectivity index (χ0v) is 22.1. The predicted molar refractivity (Wildman–Crippen MR) is 145 cm³/mol. The van der Waals surface area contributed by atoms with Crippen LogP contribution in [0.25, 0.3) is 22.0 Å². The van der Waals surface area contributed by atoms with E-state index in [4.69, 9.17) is 9.84 Å². The molecule has 0 spiro atoms. The van der Waals surface area contributed by atoms with Gasteiger partial charge >= 0.3 is 5.97 Å². The zero-order chi connectivity index (χ0) is 27.8. The molecule has 5 rings (SSSR count). The molecule has 2 aromatic carbocycles. The monoisotopic (exact) mass is 536 g/mol. The van der Waals surface area contributed by atoms with Gasteiger partial charge in [-0.2, -0.15) is 5.10 Å². The number of pyridine rings is 1. The average Bonchev–Trinajstić information content (AvgIpc) is 3.39. The third-order valence-electron chi connectivity index (χ3n) is 7.33. The highest BCUT2D eigenvalue weighted by atomic mass is 19.3. The van der Waals surface area contributed by atoms with Crippen molar-refractivity contribution in [3.05, 3.63) is 69.8 Å². The molecule has 1 aliphatic rings. The number of ether oxygens (including phenoxy) is 1. The quantitative estimate of drug-likeness (QED) is 0.315. The van der Waals surface area contributed by atoms with Crippen molar-refractivity contribution in [2.75, 3.05) is 18.6 Å². The van der Waals surface area contributed by atoms with E-state index in [-0.39, 0.29) is 17.5 Å². The summed E-state index contributed by atoms with van der Waals surface area (Å²) >= 11 is 0. The number of alkyl halides is 2. The Kier molecular flexibility index (Phi) is 7.12. The molecule has 8 nitrogen and oxygen atoms in total. The minimum Gasteiger partial charge on any atom is -0.497 e. The lowest BCUT2D eigenvalue weighted by molar-refractivity contribution is -0.137. The van der Waals surface area contributed by atoms with Crippen LogP contribution in [-0.4, -0.2) is 39.1 Å². The van der Waals surface area contributed by atoms with Gasteiger partial charge in [0.1, 0.15) is 5.75 Å². The molecule has 0 saturated heterocycles. The molecule has 0 atom stereocenters. The molecule has 39 heavy (non-hydrogen) atoms. The molecule has 0 saturated carbocycles. The molecular weight excluding hydrogens is 506 g/mol. The second-order valence-electron chi connectivity index (χ2n) is 9.88. The van der Waals surface area contributed by atoms with Crippen LogP contribution in [0.15, 0.2) is 47.5 Å². The molecule has 0 amide bonds. The second kappa shape index (κ2) is 10.5. The van der Waals surface area contributed by atoms with Crippen molar-refractivity contribution in [3.63, 3.8) is 0 Å². The van der Waals surface area contributed by atoms with Gasteiger partial charge in [0.05, 0.1) is 24.5 Å². The highest BCUT2D eigenvalue weighted by Gasteiger charge is 2.26. The molecule has 0 unspecified atom stereocenters. The summed E-state index contributed by atoms with van der Waals surface area (Å²) in [6, 6.07) is 8.94. The van der Waals surface area contributed by atoms with E-state index in [1.54, 1.807) is 48.8 Å². The van der Waals surface area contributed by atoms with E-state index in [1.807, 2.05) is 29.2 Å². The van der Waals surface area contributed by atoms with Gasteiger partial charge in [-0.25, -0.2) is 8.78 Å². The minimum atomic E-state index is -2.71. The van der Waals surface area contributed by atoms with Gasteiger partial charge in [-0.05, 0) is 55.5 Å². The summed E-state index contributed by atoms with van der Waals surface area (Å²) in [4.78, 5) is 25.5. The first kappa shape index (κ1) is 26.4. The fourth-order valence-corrected chi connectivity index (χ4v) is 5.36. The number of methoxy groups -OCH3 is 1. The van der Waals surface area contributed by atoms with Gasteiger partial charge in [0, 0.05) is 72.7 Å². The Morgan fingerprint density at radius 3 is 2.69 bits per heavy atom. The zero-order valence-electron chi connectivity index (χ0n) is 22.1. The lowest BCUT2D eigenvalue weighted by atomic mass is 9.92. The number of fused-ring (bicyclic) bond motifs is 2. The Morgan fingerprint density at radius 1 is 1.18 bits per heavy atom. The summed E-state index contributed by atoms with van der Waals surface area (Å²) in [5.41, 5.74) is 4.53. The Balaban J connectivity index is 1.62. The highest BCUT2D eigenvalue weighted by molar-refractivity contribution is 5.96. The molecule has 0 radical (unpaired) electrons. The Labute approximate surface area is 224 Å². The number of nitrogens with zero attached hydrogens (tertiary/aromatic N) is 4. The van der Waals surface area contributed by atoms with E-state index < -0.39 is 12.4 Å². The number of carboxylic acid groups (broad SMARTS) is 1. The van der Waals surface area contributed by atoms with Crippen LogP contribution in [-0.2, 0) is 24.8 Å². The first-order valence-electron chi connectivity index (χ1n) is 12.8. The SMILES string of the molecule is COc1cc(N2CCCc3cc(-c4cnn(CCCC(=O)O)c4)c(C(F)F)cc32)c2cc(C)c(=O)n(C)c2c1. The van der Waals surface area contributed by atoms with Crippen molar-refractivity contribution in [2.24, 2.45) is 7.05 Å². The number of hydrogen-bond donors (Lipinski definition) is 1. The van der Waals surface area contributed by atoms with Gasteiger partial charge in [-0.15, -0.1) is 0 Å². The van der Waals surface area contributed by atoms with Gasteiger partial charge < -0.3 is 19.3 Å². The van der Waals surface area contributed by atoms with Crippen molar-refractivity contribution in [1.82, 2.24) is 14.3 Å². The maximum atomic E-state index is 14.5. The fraction of sp³-hybridized carbons (Fsp3) is 0.345. The minimum absolute atomic E-state index is 0.0127. The third-order valence-corrected chi connectivity index (χ3v) is 7.33. The fourth-order valence-electron chi connectivity index (χ4n) is 5.36. The maximum Gasteiger partial charge on any atom is 0.303 e. The van der Waals surface area contributed by atoms with Gasteiger partial charge in [0.2, 0.25) is 0 Å².